The lowest BCUT2D eigenvalue weighted by Crippen LogP contribution is -2.42. The Morgan fingerprint density at radius 1 is 1.23 bits per heavy atom. The normalized spacial score (nSPS) is 19.8. The van der Waals surface area contributed by atoms with Crippen LogP contribution in [0.5, 0.6) is 5.88 Å². The van der Waals surface area contributed by atoms with Crippen LogP contribution in [0.25, 0.3) is 0 Å². The van der Waals surface area contributed by atoms with Gasteiger partial charge in [-0.25, -0.2) is 9.97 Å². The Labute approximate surface area is 151 Å². The van der Waals surface area contributed by atoms with Gasteiger partial charge in [-0.05, 0) is 39.5 Å². The first-order valence-corrected chi connectivity index (χ1v) is 8.77. The van der Waals surface area contributed by atoms with Crippen LogP contribution in [0.1, 0.15) is 36.9 Å². The number of carbonyl (C=O) groups excluding carboxylic acids is 1. The van der Waals surface area contributed by atoms with Crippen molar-refractivity contribution in [1.29, 1.82) is 0 Å². The molecule has 0 aliphatic heterocycles. The lowest BCUT2D eigenvalue weighted by Gasteiger charge is -2.29. The molecule has 0 unspecified atom stereocenters. The minimum atomic E-state index is -0.172. The third-order valence-electron chi connectivity index (χ3n) is 4.70. The van der Waals surface area contributed by atoms with E-state index in [1.807, 2.05) is 0 Å². The fraction of sp³-hybridized carbons (Fsp3) is 0.500. The van der Waals surface area contributed by atoms with E-state index in [1.54, 1.807) is 32.4 Å². The molecule has 1 saturated carbocycles. The molecule has 2 heterocycles. The summed E-state index contributed by atoms with van der Waals surface area (Å²) in [6, 6.07) is 0.0967. The van der Waals surface area contributed by atoms with Crippen LogP contribution in [0.15, 0.2) is 29.7 Å². The maximum absolute atomic E-state index is 12.3. The van der Waals surface area contributed by atoms with E-state index in [-0.39, 0.29) is 30.2 Å². The zero-order valence-electron chi connectivity index (χ0n) is 15.0. The van der Waals surface area contributed by atoms with E-state index in [0.29, 0.717) is 17.1 Å². The molecule has 0 bridgehead atoms. The number of carbonyl (C=O) groups is 1. The molecule has 1 aliphatic rings. The molecule has 8 heteroatoms. The van der Waals surface area contributed by atoms with Crippen molar-refractivity contribution in [3.8, 4) is 5.88 Å². The van der Waals surface area contributed by atoms with Gasteiger partial charge in [0.25, 0.3) is 5.56 Å². The Hall–Kier alpha value is -2.77. The molecule has 1 aliphatic carbocycles. The average Bonchev–Trinajstić information content (AvgIpc) is 2.65. The van der Waals surface area contributed by atoms with Gasteiger partial charge in [-0.2, -0.15) is 0 Å². The summed E-state index contributed by atoms with van der Waals surface area (Å²) in [7, 11) is 0. The molecule has 138 valence electrons. The SMILES string of the molecule is Cc1ncn(CC(=O)NC2CCC(Oc3cnccn3)CC2)c(=O)c1C. The van der Waals surface area contributed by atoms with E-state index >= 15 is 0 Å². The zero-order valence-corrected chi connectivity index (χ0v) is 15.0. The van der Waals surface area contributed by atoms with Gasteiger partial charge in [0.15, 0.2) is 0 Å². The maximum atomic E-state index is 12.3. The van der Waals surface area contributed by atoms with Crippen LogP contribution in [0.4, 0.5) is 0 Å². The highest BCUT2D eigenvalue weighted by Gasteiger charge is 2.24. The van der Waals surface area contributed by atoms with Gasteiger partial charge in [-0.15, -0.1) is 0 Å². The molecule has 1 fully saturated rings. The van der Waals surface area contributed by atoms with Gasteiger partial charge in [-0.1, -0.05) is 0 Å². The second kappa shape index (κ2) is 8.07. The summed E-state index contributed by atoms with van der Waals surface area (Å²) < 4.78 is 7.15. The Morgan fingerprint density at radius 2 is 2.00 bits per heavy atom. The topological polar surface area (TPSA) is 99.0 Å². The third kappa shape index (κ3) is 4.44. The van der Waals surface area contributed by atoms with Gasteiger partial charge in [-0.3, -0.25) is 19.1 Å². The van der Waals surface area contributed by atoms with E-state index in [1.165, 1.54) is 10.9 Å². The highest BCUT2D eigenvalue weighted by Crippen LogP contribution is 2.22. The Bertz CT molecular complexity index is 813. The number of ether oxygens (including phenoxy) is 1. The number of amides is 1. The molecule has 0 aromatic carbocycles. The Kier molecular flexibility index (Phi) is 5.60. The fourth-order valence-corrected chi connectivity index (χ4v) is 3.06. The van der Waals surface area contributed by atoms with Crippen molar-refractivity contribution >= 4 is 5.91 Å². The summed E-state index contributed by atoms with van der Waals surface area (Å²) in [5, 5.41) is 3.00. The number of nitrogens with one attached hydrogen (secondary N) is 1. The van der Waals surface area contributed by atoms with Crippen molar-refractivity contribution < 1.29 is 9.53 Å². The van der Waals surface area contributed by atoms with E-state index in [2.05, 4.69) is 20.3 Å². The van der Waals surface area contributed by atoms with Crippen molar-refractivity contribution in [1.82, 2.24) is 24.8 Å². The van der Waals surface area contributed by atoms with Crippen molar-refractivity contribution in [3.05, 3.63) is 46.5 Å². The fourth-order valence-electron chi connectivity index (χ4n) is 3.06. The number of hydrogen-bond acceptors (Lipinski definition) is 6. The lowest BCUT2D eigenvalue weighted by molar-refractivity contribution is -0.122. The number of hydrogen-bond donors (Lipinski definition) is 1. The first-order valence-electron chi connectivity index (χ1n) is 8.77. The Balaban J connectivity index is 1.48. The average molecular weight is 357 g/mol. The monoisotopic (exact) mass is 357 g/mol. The Morgan fingerprint density at radius 3 is 2.69 bits per heavy atom. The first kappa shape index (κ1) is 18.0. The predicted octanol–water partition coefficient (Wildman–Crippen LogP) is 1.16. The molecule has 1 amide bonds. The van der Waals surface area contributed by atoms with Crippen molar-refractivity contribution in [3.63, 3.8) is 0 Å². The zero-order chi connectivity index (χ0) is 18.5. The maximum Gasteiger partial charge on any atom is 0.256 e. The predicted molar refractivity (Wildman–Crippen MR) is 94.8 cm³/mol. The molecule has 8 nitrogen and oxygen atoms in total. The summed E-state index contributed by atoms with van der Waals surface area (Å²) in [5.74, 6) is 0.358. The van der Waals surface area contributed by atoms with Gasteiger partial charge in [0, 0.05) is 29.7 Å². The third-order valence-corrected chi connectivity index (χ3v) is 4.70. The second-order valence-corrected chi connectivity index (χ2v) is 6.59. The quantitative estimate of drug-likeness (QED) is 0.862. The van der Waals surface area contributed by atoms with Crippen LogP contribution in [-0.2, 0) is 11.3 Å². The second-order valence-electron chi connectivity index (χ2n) is 6.59. The molecule has 0 saturated heterocycles. The van der Waals surface area contributed by atoms with Crippen molar-refractivity contribution in [2.45, 2.75) is 58.2 Å². The van der Waals surface area contributed by atoms with Crippen LogP contribution in [0.3, 0.4) is 0 Å². The summed E-state index contributed by atoms with van der Waals surface area (Å²) in [6.45, 7) is 3.49. The van der Waals surface area contributed by atoms with Crippen molar-refractivity contribution in [2.75, 3.05) is 0 Å². The van der Waals surface area contributed by atoms with E-state index in [9.17, 15) is 9.59 Å². The summed E-state index contributed by atoms with van der Waals surface area (Å²) in [6.07, 6.45) is 9.67. The standard InChI is InChI=1S/C18H23N5O3/c1-12-13(2)21-11-23(18(12)25)10-16(24)22-14-3-5-15(6-4-14)26-17-9-19-7-8-20-17/h7-9,11,14-15H,3-6,10H2,1-2H3,(H,22,24). The number of nitrogens with zero attached hydrogens (tertiary/aromatic N) is 4. The smallest absolute Gasteiger partial charge is 0.256 e. The van der Waals surface area contributed by atoms with Crippen LogP contribution < -0.4 is 15.6 Å². The molecular weight excluding hydrogens is 334 g/mol. The minimum absolute atomic E-state index is 0.0109. The minimum Gasteiger partial charge on any atom is -0.473 e. The van der Waals surface area contributed by atoms with E-state index < -0.39 is 0 Å². The molecule has 26 heavy (non-hydrogen) atoms. The number of aromatic nitrogens is 4. The summed E-state index contributed by atoms with van der Waals surface area (Å²) in [4.78, 5) is 36.6. The van der Waals surface area contributed by atoms with Gasteiger partial charge in [0.2, 0.25) is 11.8 Å². The van der Waals surface area contributed by atoms with Crippen molar-refractivity contribution in [2.24, 2.45) is 0 Å². The largest absolute Gasteiger partial charge is 0.473 e. The molecule has 3 rings (SSSR count). The molecule has 1 N–H and O–H groups in total. The molecule has 2 aromatic heterocycles. The van der Waals surface area contributed by atoms with Crippen LogP contribution in [-0.4, -0.2) is 37.6 Å². The van der Waals surface area contributed by atoms with Crippen LogP contribution >= 0.6 is 0 Å². The number of aryl methyl sites for hydroxylation is 1. The molecule has 0 spiro atoms. The van der Waals surface area contributed by atoms with Crippen LogP contribution in [0.2, 0.25) is 0 Å². The molecule has 0 radical (unpaired) electrons. The van der Waals surface area contributed by atoms with E-state index in [0.717, 1.165) is 25.7 Å². The van der Waals surface area contributed by atoms with Crippen LogP contribution in [0, 0.1) is 13.8 Å². The van der Waals surface area contributed by atoms with Gasteiger partial charge >= 0.3 is 0 Å². The first-order chi connectivity index (χ1) is 12.5. The highest BCUT2D eigenvalue weighted by molar-refractivity contribution is 5.76. The molecular formula is C18H23N5O3. The van der Waals surface area contributed by atoms with E-state index in [4.69, 9.17) is 4.74 Å². The number of rotatable bonds is 5. The van der Waals surface area contributed by atoms with Gasteiger partial charge < -0.3 is 10.1 Å². The summed E-state index contributed by atoms with van der Waals surface area (Å²) >= 11 is 0. The van der Waals surface area contributed by atoms with Gasteiger partial charge in [0.05, 0.1) is 12.5 Å². The molecule has 0 atom stereocenters. The lowest BCUT2D eigenvalue weighted by atomic mass is 9.93. The van der Waals surface area contributed by atoms with Gasteiger partial charge in [0.1, 0.15) is 12.6 Å². The highest BCUT2D eigenvalue weighted by atomic mass is 16.5. The summed E-state index contributed by atoms with van der Waals surface area (Å²) in [5.41, 5.74) is 1.09. The molecule has 2 aromatic rings.